The molecule has 4 rings (SSSR count). The maximum atomic E-state index is 10.6. The summed E-state index contributed by atoms with van der Waals surface area (Å²) in [5.74, 6) is -2.03. The van der Waals surface area contributed by atoms with Gasteiger partial charge in [-0.2, -0.15) is 23.4 Å². The molecule has 1 aliphatic heterocycles. The zero-order chi connectivity index (χ0) is 29.7. The van der Waals surface area contributed by atoms with E-state index in [1.54, 1.807) is 6.20 Å². The van der Waals surface area contributed by atoms with Crippen molar-refractivity contribution in [2.24, 2.45) is 5.73 Å². The van der Waals surface area contributed by atoms with Gasteiger partial charge in [0.1, 0.15) is 12.4 Å². The third kappa shape index (κ3) is 7.39. The first-order chi connectivity index (χ1) is 18.7. The van der Waals surface area contributed by atoms with Gasteiger partial charge in [0, 0.05) is 17.5 Å². The predicted molar refractivity (Wildman–Crippen MR) is 144 cm³/mol. The van der Waals surface area contributed by atoms with E-state index in [1.807, 2.05) is 64.1 Å². The van der Waals surface area contributed by atoms with Gasteiger partial charge < -0.3 is 35.4 Å². The van der Waals surface area contributed by atoms with Gasteiger partial charge in [-0.1, -0.05) is 18.2 Å². The number of benzene rings is 2. The SMILES string of the molecule is CC1(C)OB(c2ccc(OCCOCCN)c(-c3ccc4c(N)cnnc4c3)c2)OC1(C)C.O=C(O)C(F)(F)F. The summed E-state index contributed by atoms with van der Waals surface area (Å²) in [4.78, 5) is 8.90. The van der Waals surface area contributed by atoms with Crippen molar-refractivity contribution in [2.75, 3.05) is 32.1 Å². The van der Waals surface area contributed by atoms with E-state index >= 15 is 0 Å². The number of rotatable bonds is 8. The molecular formula is C26H32BF3N4O6. The summed E-state index contributed by atoms with van der Waals surface area (Å²) in [5.41, 5.74) is 14.7. The number of halogens is 3. The lowest BCUT2D eigenvalue weighted by molar-refractivity contribution is -0.192. The molecule has 5 N–H and O–H groups in total. The molecule has 14 heteroatoms. The number of hydrogen-bond donors (Lipinski definition) is 3. The second-order valence-corrected chi connectivity index (χ2v) is 9.93. The molecule has 0 radical (unpaired) electrons. The van der Waals surface area contributed by atoms with E-state index in [4.69, 9.17) is 40.2 Å². The first-order valence-corrected chi connectivity index (χ1v) is 12.4. The number of nitrogens with zero attached hydrogens (tertiary/aromatic N) is 2. The van der Waals surface area contributed by atoms with Gasteiger partial charge in [-0.05, 0) is 56.9 Å². The van der Waals surface area contributed by atoms with E-state index in [0.29, 0.717) is 37.6 Å². The Morgan fingerprint density at radius 2 is 1.70 bits per heavy atom. The highest BCUT2D eigenvalue weighted by molar-refractivity contribution is 6.62. The molecule has 0 amide bonds. The van der Waals surface area contributed by atoms with Crippen LogP contribution in [0, 0.1) is 0 Å². The number of carbonyl (C=O) groups is 1. The number of alkyl halides is 3. The second kappa shape index (κ2) is 12.4. The lowest BCUT2D eigenvalue weighted by Crippen LogP contribution is -2.41. The lowest BCUT2D eigenvalue weighted by atomic mass is 9.77. The Labute approximate surface area is 229 Å². The van der Waals surface area contributed by atoms with Gasteiger partial charge in [-0.3, -0.25) is 0 Å². The normalized spacial score (nSPS) is 15.9. The van der Waals surface area contributed by atoms with Crippen LogP contribution in [0.25, 0.3) is 22.0 Å². The number of carboxylic acid groups (broad SMARTS) is 1. The maximum Gasteiger partial charge on any atom is 0.494 e. The van der Waals surface area contributed by atoms with Crippen LogP contribution in [0.5, 0.6) is 5.75 Å². The molecule has 0 atom stereocenters. The number of aromatic nitrogens is 2. The van der Waals surface area contributed by atoms with Crippen LogP contribution in [0.2, 0.25) is 0 Å². The number of anilines is 1. The van der Waals surface area contributed by atoms with Crippen LogP contribution < -0.4 is 21.7 Å². The van der Waals surface area contributed by atoms with Gasteiger partial charge in [0.2, 0.25) is 0 Å². The number of hydrogen-bond acceptors (Lipinski definition) is 9. The van der Waals surface area contributed by atoms with Gasteiger partial charge in [0.25, 0.3) is 0 Å². The van der Waals surface area contributed by atoms with Gasteiger partial charge in [-0.15, -0.1) is 0 Å². The number of aliphatic carboxylic acids is 1. The first-order valence-electron chi connectivity index (χ1n) is 12.4. The Kier molecular flexibility index (Phi) is 9.62. The number of nitrogens with two attached hydrogens (primary N) is 2. The fourth-order valence-electron chi connectivity index (χ4n) is 3.67. The maximum absolute atomic E-state index is 10.6. The fraction of sp³-hybridized carbons (Fsp3) is 0.423. The predicted octanol–water partition coefficient (Wildman–Crippen LogP) is 3.17. The Morgan fingerprint density at radius 3 is 2.30 bits per heavy atom. The molecule has 0 saturated carbocycles. The van der Waals surface area contributed by atoms with Gasteiger partial charge in [0.05, 0.1) is 41.8 Å². The summed E-state index contributed by atoms with van der Waals surface area (Å²) in [5, 5.41) is 16.2. The molecule has 10 nitrogen and oxygen atoms in total. The van der Waals surface area contributed by atoms with E-state index in [1.165, 1.54) is 0 Å². The first kappa shape index (κ1) is 31.1. The van der Waals surface area contributed by atoms with E-state index in [0.717, 1.165) is 27.7 Å². The summed E-state index contributed by atoms with van der Waals surface area (Å²) in [7, 11) is -0.480. The van der Waals surface area contributed by atoms with Crippen LogP contribution >= 0.6 is 0 Å². The Hall–Kier alpha value is -3.46. The summed E-state index contributed by atoms with van der Waals surface area (Å²) in [6.07, 6.45) is -3.53. The molecule has 2 aromatic carbocycles. The number of nitrogen functional groups attached to an aromatic ring is 1. The third-order valence-electron chi connectivity index (χ3n) is 6.50. The smallest absolute Gasteiger partial charge is 0.491 e. The molecule has 0 unspecified atom stereocenters. The van der Waals surface area contributed by atoms with Crippen LogP contribution in [0.15, 0.2) is 42.6 Å². The highest BCUT2D eigenvalue weighted by Gasteiger charge is 2.51. The van der Waals surface area contributed by atoms with E-state index < -0.39 is 30.5 Å². The third-order valence-corrected chi connectivity index (χ3v) is 6.50. The standard InChI is InChI=1S/C24H31BN4O4.C2HF3O2/c1-23(2)24(3,4)33-25(32-23)17-6-8-22(31-12-11-30-10-9-26)19(14-17)16-5-7-18-20(27)15-28-29-21(18)13-16;3-2(4,5)1(6)7/h5-8,13-15H,9-12,26H2,1-4H3,(H2,27,29);(H,6,7). The zero-order valence-corrected chi connectivity index (χ0v) is 22.6. The molecule has 0 bridgehead atoms. The largest absolute Gasteiger partial charge is 0.494 e. The van der Waals surface area contributed by atoms with Crippen molar-refractivity contribution >= 4 is 35.1 Å². The Balaban J connectivity index is 0.000000559. The van der Waals surface area contributed by atoms with Crippen molar-refractivity contribution in [1.29, 1.82) is 0 Å². The zero-order valence-electron chi connectivity index (χ0n) is 22.6. The summed E-state index contributed by atoms with van der Waals surface area (Å²) in [6, 6.07) is 11.9. The van der Waals surface area contributed by atoms with E-state index in [-0.39, 0.29) is 0 Å². The van der Waals surface area contributed by atoms with E-state index in [2.05, 4.69) is 10.2 Å². The van der Waals surface area contributed by atoms with Crippen LogP contribution in [-0.4, -0.2) is 72.1 Å². The lowest BCUT2D eigenvalue weighted by Gasteiger charge is -2.32. The Bertz CT molecular complexity index is 1320. The Morgan fingerprint density at radius 1 is 1.05 bits per heavy atom. The van der Waals surface area contributed by atoms with Gasteiger partial charge >= 0.3 is 19.3 Å². The molecule has 1 aromatic heterocycles. The van der Waals surface area contributed by atoms with Crippen LogP contribution in [0.3, 0.4) is 0 Å². The number of fused-ring (bicyclic) bond motifs is 1. The topological polar surface area (TPSA) is 152 Å². The minimum absolute atomic E-state index is 0.406. The molecule has 2 heterocycles. The number of carboxylic acids is 1. The molecule has 1 saturated heterocycles. The minimum atomic E-state index is -5.08. The second-order valence-electron chi connectivity index (χ2n) is 9.93. The van der Waals surface area contributed by atoms with Crippen LogP contribution in [-0.2, 0) is 18.8 Å². The molecule has 216 valence electrons. The van der Waals surface area contributed by atoms with Crippen molar-refractivity contribution in [1.82, 2.24) is 10.2 Å². The van der Waals surface area contributed by atoms with Gasteiger partial charge in [0.15, 0.2) is 0 Å². The molecule has 3 aromatic rings. The molecule has 0 aliphatic carbocycles. The molecule has 1 aliphatic rings. The average Bonchev–Trinajstić information content (AvgIpc) is 3.10. The molecule has 40 heavy (non-hydrogen) atoms. The molecular weight excluding hydrogens is 532 g/mol. The van der Waals surface area contributed by atoms with E-state index in [9.17, 15) is 13.2 Å². The monoisotopic (exact) mass is 564 g/mol. The van der Waals surface area contributed by atoms with Crippen molar-refractivity contribution in [3.63, 3.8) is 0 Å². The van der Waals surface area contributed by atoms with Crippen molar-refractivity contribution < 1.29 is 41.9 Å². The fourth-order valence-corrected chi connectivity index (χ4v) is 3.67. The number of ether oxygens (including phenoxy) is 2. The average molecular weight is 564 g/mol. The quantitative estimate of drug-likeness (QED) is 0.275. The summed E-state index contributed by atoms with van der Waals surface area (Å²) in [6.45, 7) is 10.0. The molecule has 1 fully saturated rings. The van der Waals surface area contributed by atoms with Crippen molar-refractivity contribution in [2.45, 2.75) is 45.1 Å². The molecule has 0 spiro atoms. The minimum Gasteiger partial charge on any atom is -0.491 e. The van der Waals surface area contributed by atoms with Crippen LogP contribution in [0.1, 0.15) is 27.7 Å². The highest BCUT2D eigenvalue weighted by Crippen LogP contribution is 2.38. The summed E-state index contributed by atoms with van der Waals surface area (Å²) < 4.78 is 55.8. The van der Waals surface area contributed by atoms with Crippen molar-refractivity contribution in [3.05, 3.63) is 42.6 Å². The van der Waals surface area contributed by atoms with Gasteiger partial charge in [-0.25, -0.2) is 4.79 Å². The van der Waals surface area contributed by atoms with Crippen molar-refractivity contribution in [3.8, 4) is 16.9 Å². The van der Waals surface area contributed by atoms with Crippen LogP contribution in [0.4, 0.5) is 18.9 Å². The highest BCUT2D eigenvalue weighted by atomic mass is 19.4. The summed E-state index contributed by atoms with van der Waals surface area (Å²) >= 11 is 0.